The Morgan fingerprint density at radius 3 is 2.69 bits per heavy atom. The maximum absolute atomic E-state index is 6.12. The summed E-state index contributed by atoms with van der Waals surface area (Å²) in [4.78, 5) is 6.97. The van der Waals surface area contributed by atoms with Crippen molar-refractivity contribution >= 4 is 29.9 Å². The van der Waals surface area contributed by atoms with E-state index in [0.717, 1.165) is 43.8 Å². The molecule has 1 saturated carbocycles. The first-order valence-corrected chi connectivity index (χ1v) is 9.51. The zero-order valence-corrected chi connectivity index (χ0v) is 18.7. The third kappa shape index (κ3) is 5.49. The number of likely N-dealkylation sites (N-methyl/N-ethyl adjacent to an activating group) is 1. The molecule has 146 valence electrons. The zero-order chi connectivity index (χ0) is 17.9. The van der Waals surface area contributed by atoms with Gasteiger partial charge in [0.1, 0.15) is 11.4 Å². The van der Waals surface area contributed by atoms with E-state index in [1.165, 1.54) is 18.4 Å². The van der Waals surface area contributed by atoms with Crippen molar-refractivity contribution in [1.82, 2.24) is 15.5 Å². The molecule has 3 rings (SSSR count). The Morgan fingerprint density at radius 2 is 2.04 bits per heavy atom. The molecule has 1 aromatic rings. The fourth-order valence-electron chi connectivity index (χ4n) is 3.65. The Hall–Kier alpha value is -1.02. The van der Waals surface area contributed by atoms with Crippen LogP contribution in [-0.4, -0.2) is 49.2 Å². The number of hydrogen-bond donors (Lipinski definition) is 2. The predicted octanol–water partition coefficient (Wildman–Crippen LogP) is 3.56. The zero-order valence-electron chi connectivity index (χ0n) is 16.4. The Labute approximate surface area is 175 Å². The topological polar surface area (TPSA) is 48.9 Å². The molecule has 0 bridgehead atoms. The van der Waals surface area contributed by atoms with Gasteiger partial charge in [0.15, 0.2) is 5.96 Å². The summed E-state index contributed by atoms with van der Waals surface area (Å²) in [5.41, 5.74) is 1.02. The average Bonchev–Trinajstić information content (AvgIpc) is 3.41. The van der Waals surface area contributed by atoms with E-state index in [4.69, 9.17) is 4.74 Å². The van der Waals surface area contributed by atoms with E-state index in [-0.39, 0.29) is 35.6 Å². The Morgan fingerprint density at radius 1 is 1.31 bits per heavy atom. The van der Waals surface area contributed by atoms with Crippen LogP contribution in [0.3, 0.4) is 0 Å². The van der Waals surface area contributed by atoms with Crippen molar-refractivity contribution in [3.05, 3.63) is 29.8 Å². The van der Waals surface area contributed by atoms with Crippen LogP contribution < -0.4 is 15.4 Å². The van der Waals surface area contributed by atoms with Gasteiger partial charge in [0.05, 0.1) is 6.04 Å². The van der Waals surface area contributed by atoms with Gasteiger partial charge < -0.3 is 15.4 Å². The monoisotopic (exact) mass is 472 g/mol. The second-order valence-electron chi connectivity index (χ2n) is 7.66. The molecule has 26 heavy (non-hydrogen) atoms. The summed E-state index contributed by atoms with van der Waals surface area (Å²) in [6, 6.07) is 9.31. The van der Waals surface area contributed by atoms with Crippen molar-refractivity contribution in [1.29, 1.82) is 0 Å². The fraction of sp³-hybridized carbons (Fsp3) is 0.650. The number of para-hydroxylation sites is 1. The van der Waals surface area contributed by atoms with Crippen molar-refractivity contribution in [3.63, 3.8) is 0 Å². The first-order chi connectivity index (χ1) is 12.0. The third-order valence-electron chi connectivity index (χ3n) is 5.07. The van der Waals surface area contributed by atoms with Crippen molar-refractivity contribution in [2.24, 2.45) is 4.99 Å². The normalized spacial score (nSPS) is 21.4. The summed E-state index contributed by atoms with van der Waals surface area (Å²) in [6.45, 7) is 9.63. The number of fused-ring (bicyclic) bond motifs is 1. The smallest absolute Gasteiger partial charge is 0.191 e. The van der Waals surface area contributed by atoms with Gasteiger partial charge in [-0.1, -0.05) is 25.1 Å². The van der Waals surface area contributed by atoms with E-state index < -0.39 is 0 Å². The van der Waals surface area contributed by atoms with Gasteiger partial charge >= 0.3 is 0 Å². The molecular weight excluding hydrogens is 439 g/mol. The van der Waals surface area contributed by atoms with E-state index in [1.54, 1.807) is 0 Å². The molecule has 0 amide bonds. The van der Waals surface area contributed by atoms with Crippen LogP contribution in [0.5, 0.6) is 5.75 Å². The molecule has 1 aromatic carbocycles. The van der Waals surface area contributed by atoms with Gasteiger partial charge in [-0.2, -0.15) is 0 Å². The first-order valence-electron chi connectivity index (χ1n) is 9.51. The highest BCUT2D eigenvalue weighted by Crippen LogP contribution is 2.39. The van der Waals surface area contributed by atoms with Crippen LogP contribution in [0.15, 0.2) is 29.3 Å². The molecule has 1 heterocycles. The van der Waals surface area contributed by atoms with Gasteiger partial charge in [0.2, 0.25) is 0 Å². The highest BCUT2D eigenvalue weighted by atomic mass is 127. The van der Waals surface area contributed by atoms with Crippen LogP contribution in [0.2, 0.25) is 0 Å². The second-order valence-corrected chi connectivity index (χ2v) is 7.66. The number of guanidine groups is 1. The summed E-state index contributed by atoms with van der Waals surface area (Å²) >= 11 is 0. The van der Waals surface area contributed by atoms with Crippen LogP contribution in [0.1, 0.15) is 51.6 Å². The van der Waals surface area contributed by atoms with Crippen LogP contribution in [0, 0.1) is 0 Å². The minimum Gasteiger partial charge on any atom is -0.487 e. The maximum atomic E-state index is 6.12. The highest BCUT2D eigenvalue weighted by molar-refractivity contribution is 14.0. The molecular formula is C20H33IN4O. The predicted molar refractivity (Wildman–Crippen MR) is 119 cm³/mol. The third-order valence-corrected chi connectivity index (χ3v) is 5.07. The van der Waals surface area contributed by atoms with Crippen LogP contribution in [0.4, 0.5) is 0 Å². The Kier molecular flexibility index (Phi) is 7.58. The molecule has 0 aromatic heterocycles. The molecule has 1 aliphatic heterocycles. The van der Waals surface area contributed by atoms with Crippen LogP contribution in [0.25, 0.3) is 0 Å². The van der Waals surface area contributed by atoms with Gasteiger partial charge in [-0.05, 0) is 39.3 Å². The molecule has 1 atom stereocenters. The van der Waals surface area contributed by atoms with Crippen molar-refractivity contribution in [3.8, 4) is 5.75 Å². The summed E-state index contributed by atoms with van der Waals surface area (Å²) in [7, 11) is 1.84. The molecule has 1 unspecified atom stereocenters. The van der Waals surface area contributed by atoms with Crippen LogP contribution >= 0.6 is 24.0 Å². The minimum absolute atomic E-state index is 0. The standard InChI is InChI=1S/C20H32N4O.HI/c1-5-24(15-10-11-15)13-12-22-19(21-4)23-17-14-20(2,3)25-18-9-7-6-8-16(17)18;/h6-9,15,17H,5,10-14H2,1-4H3,(H2,21,22,23);1H. The van der Waals surface area contributed by atoms with Gasteiger partial charge in [-0.15, -0.1) is 24.0 Å². The summed E-state index contributed by atoms with van der Waals surface area (Å²) in [5.74, 6) is 1.84. The minimum atomic E-state index is -0.185. The second kappa shape index (κ2) is 9.26. The van der Waals surface area contributed by atoms with Gasteiger partial charge in [0, 0.05) is 38.2 Å². The summed E-state index contributed by atoms with van der Waals surface area (Å²) in [6.07, 6.45) is 3.62. The number of benzene rings is 1. The number of halogens is 1. The Balaban J connectivity index is 0.00000243. The quantitative estimate of drug-likeness (QED) is 0.378. The average molecular weight is 472 g/mol. The van der Waals surface area contributed by atoms with E-state index in [9.17, 15) is 0 Å². The van der Waals surface area contributed by atoms with Crippen LogP contribution in [-0.2, 0) is 0 Å². The van der Waals surface area contributed by atoms with Crippen molar-refractivity contribution in [2.75, 3.05) is 26.7 Å². The van der Waals surface area contributed by atoms with E-state index in [2.05, 4.69) is 59.5 Å². The number of nitrogens with one attached hydrogen (secondary N) is 2. The molecule has 2 aliphatic rings. The highest BCUT2D eigenvalue weighted by Gasteiger charge is 2.34. The molecule has 6 heteroatoms. The first kappa shape index (κ1) is 21.3. The molecule has 0 radical (unpaired) electrons. The van der Waals surface area contributed by atoms with Gasteiger partial charge in [-0.3, -0.25) is 9.89 Å². The van der Waals surface area contributed by atoms with E-state index in [0.29, 0.717) is 0 Å². The number of hydrogen-bond acceptors (Lipinski definition) is 3. The lowest BCUT2D eigenvalue weighted by Gasteiger charge is -2.38. The molecule has 5 nitrogen and oxygen atoms in total. The molecule has 1 fully saturated rings. The number of aliphatic imine (C=N–C) groups is 1. The Bertz CT molecular complexity index is 616. The SMILES string of the molecule is CCN(CCNC(=NC)NC1CC(C)(C)Oc2ccccc21)C1CC1.I. The van der Waals surface area contributed by atoms with E-state index in [1.807, 2.05) is 13.1 Å². The molecule has 0 spiro atoms. The van der Waals surface area contributed by atoms with Crippen molar-refractivity contribution < 1.29 is 4.74 Å². The van der Waals surface area contributed by atoms with Gasteiger partial charge in [-0.25, -0.2) is 0 Å². The lowest BCUT2D eigenvalue weighted by molar-refractivity contribution is 0.0694. The lowest BCUT2D eigenvalue weighted by Crippen LogP contribution is -2.46. The van der Waals surface area contributed by atoms with Crippen molar-refractivity contribution in [2.45, 2.75) is 57.7 Å². The number of ether oxygens (including phenoxy) is 1. The molecule has 0 saturated heterocycles. The summed E-state index contributed by atoms with van der Waals surface area (Å²) < 4.78 is 6.12. The van der Waals surface area contributed by atoms with E-state index >= 15 is 0 Å². The number of nitrogens with zero attached hydrogens (tertiary/aromatic N) is 2. The van der Waals surface area contributed by atoms with Gasteiger partial charge in [0.25, 0.3) is 0 Å². The fourth-order valence-corrected chi connectivity index (χ4v) is 3.65. The largest absolute Gasteiger partial charge is 0.487 e. The lowest BCUT2D eigenvalue weighted by atomic mass is 9.90. The summed E-state index contributed by atoms with van der Waals surface area (Å²) in [5, 5.41) is 7.07. The molecule has 1 aliphatic carbocycles. The number of rotatable bonds is 6. The molecule has 2 N–H and O–H groups in total. The maximum Gasteiger partial charge on any atom is 0.191 e.